The van der Waals surface area contributed by atoms with E-state index < -0.39 is 12.0 Å². The van der Waals surface area contributed by atoms with Gasteiger partial charge in [-0.1, -0.05) is 31.5 Å². The van der Waals surface area contributed by atoms with E-state index in [4.69, 9.17) is 4.74 Å². The zero-order chi connectivity index (χ0) is 20.7. The fourth-order valence-corrected chi connectivity index (χ4v) is 3.33. The number of nitrogens with zero attached hydrogens (tertiary/aromatic N) is 1. The number of hydrogen-bond acceptors (Lipinski definition) is 4. The van der Waals surface area contributed by atoms with Crippen molar-refractivity contribution in [1.29, 1.82) is 0 Å². The predicted octanol–water partition coefficient (Wildman–Crippen LogP) is 2.62. The van der Waals surface area contributed by atoms with E-state index in [0.717, 1.165) is 17.7 Å². The van der Waals surface area contributed by atoms with E-state index in [9.17, 15) is 14.4 Å². The monoisotopic (exact) mass is 389 g/mol. The molecule has 0 spiro atoms. The lowest BCUT2D eigenvalue weighted by Gasteiger charge is -2.22. The van der Waals surface area contributed by atoms with Crippen molar-refractivity contribution < 1.29 is 19.1 Å². The van der Waals surface area contributed by atoms with Gasteiger partial charge in [0.15, 0.2) is 0 Å². The Balaban J connectivity index is 1.91. The third kappa shape index (κ3) is 6.25. The van der Waals surface area contributed by atoms with Gasteiger partial charge in [-0.15, -0.1) is 0 Å². The van der Waals surface area contributed by atoms with Crippen LogP contribution in [-0.4, -0.2) is 43.6 Å². The molecule has 1 saturated heterocycles. The molecule has 28 heavy (non-hydrogen) atoms. The number of amides is 3. The van der Waals surface area contributed by atoms with Crippen molar-refractivity contribution in [1.82, 2.24) is 10.6 Å². The first-order valence-electron chi connectivity index (χ1n) is 9.88. The second-order valence-corrected chi connectivity index (χ2v) is 7.68. The Morgan fingerprint density at radius 3 is 2.54 bits per heavy atom. The van der Waals surface area contributed by atoms with Crippen molar-refractivity contribution in [3.63, 3.8) is 0 Å². The van der Waals surface area contributed by atoms with Crippen molar-refractivity contribution in [2.24, 2.45) is 11.8 Å². The maximum Gasteiger partial charge on any atom is 0.407 e. The van der Waals surface area contributed by atoms with Gasteiger partial charge in [-0.25, -0.2) is 4.79 Å². The minimum absolute atomic E-state index is 0.0487. The number of hydrogen-bond donors (Lipinski definition) is 2. The van der Waals surface area contributed by atoms with Crippen molar-refractivity contribution in [2.75, 3.05) is 24.6 Å². The first-order valence-corrected chi connectivity index (χ1v) is 9.88. The minimum atomic E-state index is -0.482. The molecule has 2 N–H and O–H groups in total. The standard InChI is InChI=1S/C21H31N3O4/c1-5-28-21(27)23-17(10-14(2)3)12-22-20(26)16-11-19(25)24(13-16)18-8-6-15(4)7-9-18/h6-9,14,16-17H,5,10-13H2,1-4H3,(H,22,26)(H,23,27). The van der Waals surface area contributed by atoms with Crippen LogP contribution in [0.3, 0.4) is 0 Å². The number of benzene rings is 1. The van der Waals surface area contributed by atoms with E-state index in [2.05, 4.69) is 24.5 Å². The quantitative estimate of drug-likeness (QED) is 0.715. The van der Waals surface area contributed by atoms with E-state index in [1.54, 1.807) is 11.8 Å². The Hall–Kier alpha value is -2.57. The zero-order valence-corrected chi connectivity index (χ0v) is 17.2. The highest BCUT2D eigenvalue weighted by Crippen LogP contribution is 2.25. The molecule has 0 saturated carbocycles. The Morgan fingerprint density at radius 2 is 1.93 bits per heavy atom. The summed E-state index contributed by atoms with van der Waals surface area (Å²) >= 11 is 0. The average Bonchev–Trinajstić information content (AvgIpc) is 3.01. The average molecular weight is 389 g/mol. The molecule has 1 heterocycles. The fraction of sp³-hybridized carbons (Fsp3) is 0.571. The third-order valence-corrected chi connectivity index (χ3v) is 4.72. The highest BCUT2D eigenvalue weighted by molar-refractivity contribution is 6.00. The highest BCUT2D eigenvalue weighted by atomic mass is 16.5. The molecule has 0 bridgehead atoms. The molecule has 2 atom stereocenters. The van der Waals surface area contributed by atoms with Crippen LogP contribution in [0.5, 0.6) is 0 Å². The van der Waals surface area contributed by atoms with Crippen LogP contribution in [0.15, 0.2) is 24.3 Å². The second kappa shape index (κ2) is 10.1. The lowest BCUT2D eigenvalue weighted by atomic mass is 10.0. The Morgan fingerprint density at radius 1 is 1.25 bits per heavy atom. The first kappa shape index (κ1) is 21.7. The topological polar surface area (TPSA) is 87.7 Å². The zero-order valence-electron chi connectivity index (χ0n) is 17.2. The van der Waals surface area contributed by atoms with Gasteiger partial charge in [0.1, 0.15) is 0 Å². The normalized spacial score (nSPS) is 17.5. The van der Waals surface area contributed by atoms with Gasteiger partial charge in [-0.2, -0.15) is 0 Å². The van der Waals surface area contributed by atoms with Gasteiger partial charge in [-0.3, -0.25) is 9.59 Å². The van der Waals surface area contributed by atoms with Crippen molar-refractivity contribution in [3.05, 3.63) is 29.8 Å². The smallest absolute Gasteiger partial charge is 0.407 e. The highest BCUT2D eigenvalue weighted by Gasteiger charge is 2.35. The van der Waals surface area contributed by atoms with E-state index >= 15 is 0 Å². The maximum atomic E-state index is 12.6. The van der Waals surface area contributed by atoms with Crippen molar-refractivity contribution in [3.8, 4) is 0 Å². The SMILES string of the molecule is CCOC(=O)NC(CNC(=O)C1CC(=O)N(c2ccc(C)cc2)C1)CC(C)C. The van der Waals surface area contributed by atoms with Crippen LogP contribution in [0.4, 0.5) is 10.5 Å². The first-order chi connectivity index (χ1) is 13.3. The molecule has 3 amide bonds. The molecule has 0 aromatic heterocycles. The summed E-state index contributed by atoms with van der Waals surface area (Å²) in [5, 5.41) is 5.68. The summed E-state index contributed by atoms with van der Waals surface area (Å²) in [7, 11) is 0. The van der Waals surface area contributed by atoms with Crippen LogP contribution in [-0.2, 0) is 14.3 Å². The lowest BCUT2D eigenvalue weighted by Crippen LogP contribution is -2.46. The lowest BCUT2D eigenvalue weighted by molar-refractivity contribution is -0.126. The Bertz CT molecular complexity index is 687. The Labute approximate surface area is 166 Å². The summed E-state index contributed by atoms with van der Waals surface area (Å²) in [6.07, 6.45) is 0.432. The van der Waals surface area contributed by atoms with Crippen molar-refractivity contribution in [2.45, 2.75) is 46.6 Å². The number of carbonyl (C=O) groups excluding carboxylic acids is 3. The second-order valence-electron chi connectivity index (χ2n) is 7.68. The van der Waals surface area contributed by atoms with E-state index in [1.807, 2.05) is 31.2 Å². The van der Waals surface area contributed by atoms with Gasteiger partial charge >= 0.3 is 6.09 Å². The van der Waals surface area contributed by atoms with Gasteiger partial charge in [0.25, 0.3) is 0 Å². The van der Waals surface area contributed by atoms with Gasteiger partial charge in [0.05, 0.1) is 12.5 Å². The molecule has 7 heteroatoms. The third-order valence-electron chi connectivity index (χ3n) is 4.72. The largest absolute Gasteiger partial charge is 0.450 e. The van der Waals surface area contributed by atoms with Gasteiger partial charge in [-0.05, 0) is 38.3 Å². The predicted molar refractivity (Wildman–Crippen MR) is 108 cm³/mol. The number of ether oxygens (including phenoxy) is 1. The number of anilines is 1. The minimum Gasteiger partial charge on any atom is -0.450 e. The number of aryl methyl sites for hydroxylation is 1. The maximum absolute atomic E-state index is 12.6. The molecule has 1 aromatic carbocycles. The summed E-state index contributed by atoms with van der Waals surface area (Å²) in [5.74, 6) is -0.250. The molecule has 0 radical (unpaired) electrons. The molecule has 7 nitrogen and oxygen atoms in total. The Kier molecular flexibility index (Phi) is 7.84. The summed E-state index contributed by atoms with van der Waals surface area (Å²) < 4.78 is 4.93. The molecule has 2 rings (SSSR count). The molecule has 1 aliphatic heterocycles. The molecular weight excluding hydrogens is 358 g/mol. The summed E-state index contributed by atoms with van der Waals surface area (Å²) in [6.45, 7) is 8.82. The molecule has 154 valence electrons. The van der Waals surface area contributed by atoms with E-state index in [-0.39, 0.29) is 24.3 Å². The summed E-state index contributed by atoms with van der Waals surface area (Å²) in [6, 6.07) is 7.49. The fourth-order valence-electron chi connectivity index (χ4n) is 3.33. The van der Waals surface area contributed by atoms with Crippen LogP contribution < -0.4 is 15.5 Å². The number of alkyl carbamates (subject to hydrolysis) is 1. The molecule has 1 aromatic rings. The number of rotatable bonds is 8. The number of nitrogens with one attached hydrogen (secondary N) is 2. The van der Waals surface area contributed by atoms with Gasteiger partial charge in [0, 0.05) is 31.2 Å². The van der Waals surface area contributed by atoms with Crippen LogP contribution >= 0.6 is 0 Å². The van der Waals surface area contributed by atoms with E-state index in [0.29, 0.717) is 25.6 Å². The van der Waals surface area contributed by atoms with Crippen molar-refractivity contribution >= 4 is 23.6 Å². The number of carbonyl (C=O) groups is 3. The molecule has 0 aliphatic carbocycles. The molecule has 2 unspecified atom stereocenters. The molecule has 1 aliphatic rings. The summed E-state index contributed by atoms with van der Waals surface area (Å²) in [5.41, 5.74) is 1.93. The van der Waals surface area contributed by atoms with Gasteiger partial charge < -0.3 is 20.3 Å². The van der Waals surface area contributed by atoms with Crippen LogP contribution in [0.25, 0.3) is 0 Å². The van der Waals surface area contributed by atoms with Crippen LogP contribution in [0, 0.1) is 18.8 Å². The van der Waals surface area contributed by atoms with Crippen LogP contribution in [0.2, 0.25) is 0 Å². The van der Waals surface area contributed by atoms with Gasteiger partial charge in [0.2, 0.25) is 11.8 Å². The van der Waals surface area contributed by atoms with E-state index in [1.165, 1.54) is 0 Å². The van der Waals surface area contributed by atoms with Crippen LogP contribution in [0.1, 0.15) is 39.2 Å². The molecular formula is C21H31N3O4. The summed E-state index contributed by atoms with van der Waals surface area (Å²) in [4.78, 5) is 38.3. The molecule has 1 fully saturated rings.